The molecule has 132 valence electrons. The van der Waals surface area contributed by atoms with Gasteiger partial charge in [0.15, 0.2) is 0 Å². The van der Waals surface area contributed by atoms with Crippen molar-refractivity contribution in [2.75, 3.05) is 7.11 Å². The first kappa shape index (κ1) is 18.9. The first-order chi connectivity index (χ1) is 11.9. The van der Waals surface area contributed by atoms with Crippen molar-refractivity contribution in [2.45, 2.75) is 33.3 Å². The lowest BCUT2D eigenvalue weighted by Gasteiger charge is -2.16. The van der Waals surface area contributed by atoms with E-state index in [9.17, 15) is 5.26 Å². The summed E-state index contributed by atoms with van der Waals surface area (Å²) in [6, 6.07) is 7.56. The maximum Gasteiger partial charge on any atom is 0.149 e. The van der Waals surface area contributed by atoms with E-state index in [0.717, 1.165) is 6.42 Å². The van der Waals surface area contributed by atoms with Crippen molar-refractivity contribution in [1.29, 1.82) is 5.26 Å². The average Bonchev–Trinajstić information content (AvgIpc) is 2.57. The summed E-state index contributed by atoms with van der Waals surface area (Å²) in [5.41, 5.74) is 1.04. The molecule has 1 aliphatic heterocycles. The molecule has 0 aromatic heterocycles. The van der Waals surface area contributed by atoms with Crippen LogP contribution in [0, 0.1) is 17.2 Å². The molecular weight excluding hydrogens is 338 g/mol. The van der Waals surface area contributed by atoms with Gasteiger partial charge in [-0.15, -0.1) is 0 Å². The van der Waals surface area contributed by atoms with Gasteiger partial charge in [-0.25, -0.2) is 4.99 Å². The number of nitriles is 1. The molecule has 1 aliphatic rings. The third kappa shape index (κ3) is 5.27. The molecule has 1 unspecified atom stereocenters. The number of aliphatic imine (C=N–C) groups is 1. The van der Waals surface area contributed by atoms with E-state index >= 15 is 0 Å². The minimum Gasteiger partial charge on any atom is -0.497 e. The molecule has 25 heavy (non-hydrogen) atoms. The third-order valence-corrected chi connectivity index (χ3v) is 3.74. The fraction of sp³-hybridized carbons (Fsp3) is 0.368. The summed E-state index contributed by atoms with van der Waals surface area (Å²) in [5, 5.41) is 13.0. The Morgan fingerprint density at radius 2 is 2.16 bits per heavy atom. The fourth-order valence-electron chi connectivity index (χ4n) is 2.31. The zero-order chi connectivity index (χ0) is 18.4. The number of benzene rings is 1. The lowest BCUT2D eigenvalue weighted by atomic mass is 10.0. The number of hydrogen-bond acceptors (Lipinski definition) is 4. The summed E-state index contributed by atoms with van der Waals surface area (Å²) in [6.07, 6.45) is 4.50. The lowest BCUT2D eigenvalue weighted by molar-refractivity contribution is 0.242. The van der Waals surface area contributed by atoms with Gasteiger partial charge in [-0.3, -0.25) is 0 Å². The van der Waals surface area contributed by atoms with Crippen molar-refractivity contribution in [2.24, 2.45) is 10.9 Å². The van der Waals surface area contributed by atoms with Crippen molar-refractivity contribution in [3.8, 4) is 17.6 Å². The molecule has 0 aliphatic carbocycles. The Balaban J connectivity index is 2.51. The second kappa shape index (κ2) is 8.59. The van der Waals surface area contributed by atoms with Crippen LogP contribution in [0.1, 0.15) is 27.2 Å². The number of halogens is 1. The van der Waals surface area contributed by atoms with Gasteiger partial charge in [0.2, 0.25) is 0 Å². The largest absolute Gasteiger partial charge is 0.497 e. The molecule has 1 aromatic rings. The minimum absolute atomic E-state index is 0.0224. The van der Waals surface area contributed by atoms with E-state index in [1.807, 2.05) is 32.9 Å². The van der Waals surface area contributed by atoms with E-state index in [0.29, 0.717) is 33.8 Å². The van der Waals surface area contributed by atoms with Crippen LogP contribution >= 0.6 is 11.6 Å². The molecule has 1 N–H and O–H groups in total. The van der Waals surface area contributed by atoms with Gasteiger partial charge < -0.3 is 14.8 Å². The molecule has 0 radical (unpaired) electrons. The maximum atomic E-state index is 9.50. The molecule has 0 fully saturated rings. The molecule has 2 rings (SSSR count). The summed E-state index contributed by atoms with van der Waals surface area (Å²) < 4.78 is 11.1. The summed E-state index contributed by atoms with van der Waals surface area (Å²) >= 11 is 6.20. The second-order valence-electron chi connectivity index (χ2n) is 6.04. The average molecular weight is 360 g/mol. The summed E-state index contributed by atoms with van der Waals surface area (Å²) in [4.78, 5) is 4.59. The SMILES string of the molecule is COc1ccc(N=C2N/C(Cl)=C/CC(C)C=C2C#N)c(OC(C)C)c1. The van der Waals surface area contributed by atoms with Crippen LogP contribution in [-0.4, -0.2) is 19.0 Å². The Bertz CT molecular complexity index is 760. The molecule has 0 spiro atoms. The van der Waals surface area contributed by atoms with Crippen LogP contribution in [0.5, 0.6) is 11.5 Å². The highest BCUT2D eigenvalue weighted by Gasteiger charge is 2.15. The number of hydrogen-bond donors (Lipinski definition) is 1. The summed E-state index contributed by atoms with van der Waals surface area (Å²) in [5.74, 6) is 1.84. The number of nitrogens with one attached hydrogen (secondary N) is 1. The maximum absolute atomic E-state index is 9.50. The highest BCUT2D eigenvalue weighted by Crippen LogP contribution is 2.33. The van der Waals surface area contributed by atoms with Crippen LogP contribution in [0.15, 0.2) is 46.1 Å². The molecule has 1 aromatic carbocycles. The smallest absolute Gasteiger partial charge is 0.149 e. The third-order valence-electron chi connectivity index (χ3n) is 3.50. The number of methoxy groups -OCH3 is 1. The van der Waals surface area contributed by atoms with Gasteiger partial charge in [0.1, 0.15) is 34.2 Å². The quantitative estimate of drug-likeness (QED) is 0.793. The first-order valence-corrected chi connectivity index (χ1v) is 8.49. The first-order valence-electron chi connectivity index (χ1n) is 8.11. The highest BCUT2D eigenvalue weighted by molar-refractivity contribution is 6.31. The standard InChI is InChI=1S/C19H22ClN3O2/c1-12(2)25-17-10-15(24-4)6-7-16(17)22-19-14(11-21)9-13(3)5-8-18(20)23-19/h6-10,12-13H,5H2,1-4H3,(H,22,23)/b14-9?,18-8+. The zero-order valence-electron chi connectivity index (χ0n) is 14.8. The molecule has 1 heterocycles. The molecule has 5 nitrogen and oxygen atoms in total. The van der Waals surface area contributed by atoms with E-state index in [-0.39, 0.29) is 12.0 Å². The Morgan fingerprint density at radius 3 is 2.80 bits per heavy atom. The fourth-order valence-corrected chi connectivity index (χ4v) is 2.49. The number of nitrogens with zero attached hydrogens (tertiary/aromatic N) is 2. The van der Waals surface area contributed by atoms with Crippen LogP contribution in [0.25, 0.3) is 0 Å². The van der Waals surface area contributed by atoms with E-state index in [2.05, 4.69) is 16.4 Å². The van der Waals surface area contributed by atoms with Crippen LogP contribution in [0.2, 0.25) is 0 Å². The van der Waals surface area contributed by atoms with E-state index in [1.165, 1.54) is 0 Å². The number of ether oxygens (including phenoxy) is 2. The Morgan fingerprint density at radius 1 is 1.40 bits per heavy atom. The summed E-state index contributed by atoms with van der Waals surface area (Å²) in [6.45, 7) is 5.90. The normalized spacial score (nSPS) is 21.3. The molecule has 0 amide bonds. The number of amidine groups is 1. The van der Waals surface area contributed by atoms with E-state index < -0.39 is 0 Å². The molecule has 0 bridgehead atoms. The van der Waals surface area contributed by atoms with Gasteiger partial charge in [0.25, 0.3) is 0 Å². The van der Waals surface area contributed by atoms with Gasteiger partial charge >= 0.3 is 0 Å². The number of rotatable bonds is 4. The minimum atomic E-state index is -0.0224. The Kier molecular flexibility index (Phi) is 6.49. The van der Waals surface area contributed by atoms with Gasteiger partial charge in [0.05, 0.1) is 18.8 Å². The predicted octanol–water partition coefficient (Wildman–Crippen LogP) is 4.67. The van der Waals surface area contributed by atoms with E-state index in [1.54, 1.807) is 25.3 Å². The van der Waals surface area contributed by atoms with Gasteiger partial charge in [0, 0.05) is 6.07 Å². The van der Waals surface area contributed by atoms with Crippen molar-refractivity contribution in [3.63, 3.8) is 0 Å². The molecule has 0 saturated heterocycles. The van der Waals surface area contributed by atoms with Crippen LogP contribution in [0.4, 0.5) is 5.69 Å². The summed E-state index contributed by atoms with van der Waals surface area (Å²) in [7, 11) is 1.60. The Hall–Kier alpha value is -2.45. The van der Waals surface area contributed by atoms with Crippen molar-refractivity contribution < 1.29 is 9.47 Å². The van der Waals surface area contributed by atoms with Crippen LogP contribution in [-0.2, 0) is 0 Å². The number of allylic oxidation sites excluding steroid dienone is 2. The molecule has 6 heteroatoms. The Labute approximate surface area is 153 Å². The predicted molar refractivity (Wildman–Crippen MR) is 100 cm³/mol. The lowest BCUT2D eigenvalue weighted by Crippen LogP contribution is -2.24. The van der Waals surface area contributed by atoms with Crippen molar-refractivity contribution in [1.82, 2.24) is 5.32 Å². The molecule has 0 saturated carbocycles. The highest BCUT2D eigenvalue weighted by atomic mass is 35.5. The zero-order valence-corrected chi connectivity index (χ0v) is 15.6. The van der Waals surface area contributed by atoms with Crippen molar-refractivity contribution >= 4 is 23.1 Å². The molecular formula is C19H22ClN3O2. The van der Waals surface area contributed by atoms with Crippen LogP contribution < -0.4 is 14.8 Å². The monoisotopic (exact) mass is 359 g/mol. The topological polar surface area (TPSA) is 66.6 Å². The van der Waals surface area contributed by atoms with Gasteiger partial charge in [-0.05, 0) is 44.4 Å². The van der Waals surface area contributed by atoms with Gasteiger partial charge in [-0.2, -0.15) is 5.26 Å². The van der Waals surface area contributed by atoms with E-state index in [4.69, 9.17) is 21.1 Å². The van der Waals surface area contributed by atoms with Gasteiger partial charge in [-0.1, -0.05) is 24.6 Å². The van der Waals surface area contributed by atoms with Crippen molar-refractivity contribution in [3.05, 3.63) is 41.1 Å². The van der Waals surface area contributed by atoms with Crippen LogP contribution in [0.3, 0.4) is 0 Å². The second-order valence-corrected chi connectivity index (χ2v) is 6.45. The molecule has 1 atom stereocenters.